The Hall–Kier alpha value is -0.860. The largest absolute Gasteiger partial charge is 0.174 e. The number of allylic oxidation sites excluding steroid dienone is 2. The lowest BCUT2D eigenvalue weighted by Crippen LogP contribution is -1.61. The molecule has 0 aliphatic carbocycles. The van der Waals surface area contributed by atoms with Crippen LogP contribution in [-0.2, 0) is 5.04 Å². The van der Waals surface area contributed by atoms with Crippen LogP contribution in [0, 0.1) is 0 Å². The molecule has 0 N–H and O–H groups in total. The van der Waals surface area contributed by atoms with Gasteiger partial charge in [-0.25, -0.2) is 0 Å². The molecule has 0 saturated carbocycles. The highest BCUT2D eigenvalue weighted by molar-refractivity contribution is 5.70. The van der Waals surface area contributed by atoms with Crippen LogP contribution in [0.25, 0.3) is 0 Å². The molecule has 0 aromatic carbocycles. The van der Waals surface area contributed by atoms with E-state index in [9.17, 15) is 4.53 Å². The number of hydrogen-bond acceptors (Lipinski definition) is 2. The van der Waals surface area contributed by atoms with Crippen LogP contribution >= 0.6 is 0 Å². The van der Waals surface area contributed by atoms with Crippen LogP contribution in [0.3, 0.4) is 0 Å². The van der Waals surface area contributed by atoms with Gasteiger partial charge in [-0.3, -0.25) is 0 Å². The molecule has 0 heterocycles. The lowest BCUT2D eigenvalue weighted by molar-refractivity contribution is -0.130. The van der Waals surface area contributed by atoms with Gasteiger partial charge in [0.25, 0.3) is 0 Å². The van der Waals surface area contributed by atoms with Crippen molar-refractivity contribution in [1.29, 1.82) is 0 Å². The number of rotatable bonds is 2. The second-order valence-corrected chi connectivity index (χ2v) is 0.849. The van der Waals surface area contributed by atoms with Gasteiger partial charge >= 0.3 is 0 Å². The molecule has 0 radical (unpaired) electrons. The van der Waals surface area contributed by atoms with Gasteiger partial charge in [0.2, 0.25) is 0 Å². The Morgan fingerprint density at radius 2 is 2.43 bits per heavy atom. The fourth-order valence-corrected chi connectivity index (χ4v) is 0.144. The van der Waals surface area contributed by atoms with Crippen molar-refractivity contribution >= 4 is 6.21 Å². The molecule has 40 valence electrons. The molecule has 0 unspecified atom stereocenters. The molecule has 0 amide bonds. The van der Waals surface area contributed by atoms with Crippen molar-refractivity contribution in [3.8, 4) is 0 Å². The molecule has 0 aliphatic heterocycles. The van der Waals surface area contributed by atoms with Crippen molar-refractivity contribution in [2.75, 3.05) is 0 Å². The van der Waals surface area contributed by atoms with Crippen molar-refractivity contribution in [2.45, 2.75) is 6.92 Å². The molecule has 0 spiro atoms. The first-order chi connectivity index (χ1) is 3.41. The van der Waals surface area contributed by atoms with Crippen LogP contribution in [0.4, 0.5) is 4.53 Å². The summed E-state index contributed by atoms with van der Waals surface area (Å²) in [4.78, 5) is 0. The molecule has 0 aromatic rings. The number of hydrogen-bond donors (Lipinski definition) is 0. The van der Waals surface area contributed by atoms with Gasteiger partial charge in [-0.2, -0.15) is 5.04 Å². The summed E-state index contributed by atoms with van der Waals surface area (Å²) in [6, 6.07) is 0. The molecular formula is C4H6FNO. The first kappa shape index (κ1) is 6.14. The van der Waals surface area contributed by atoms with E-state index in [-0.39, 0.29) is 0 Å². The third-order valence-corrected chi connectivity index (χ3v) is 0.379. The van der Waals surface area contributed by atoms with Gasteiger partial charge in [0.1, 0.15) is 0 Å². The SMILES string of the molecule is CC=CC=NOF. The Balaban J connectivity index is 3.09. The van der Waals surface area contributed by atoms with Crippen LogP contribution in [0.5, 0.6) is 0 Å². The lowest BCUT2D eigenvalue weighted by Gasteiger charge is -1.69. The number of nitrogens with zero attached hydrogens (tertiary/aromatic N) is 1. The van der Waals surface area contributed by atoms with E-state index in [0.29, 0.717) is 0 Å². The number of halogens is 1. The maximum Gasteiger partial charge on any atom is 0.0703 e. The van der Waals surface area contributed by atoms with E-state index >= 15 is 0 Å². The Morgan fingerprint density at radius 1 is 1.71 bits per heavy atom. The maximum atomic E-state index is 10.6. The van der Waals surface area contributed by atoms with Gasteiger partial charge < -0.3 is 0 Å². The molecule has 0 saturated heterocycles. The molecule has 0 bridgehead atoms. The van der Waals surface area contributed by atoms with Gasteiger partial charge in [0.05, 0.1) is 6.21 Å². The van der Waals surface area contributed by atoms with E-state index in [1.54, 1.807) is 19.1 Å². The quantitative estimate of drug-likeness (QED) is 0.383. The fourth-order valence-electron chi connectivity index (χ4n) is 0.144. The summed E-state index contributed by atoms with van der Waals surface area (Å²) in [5, 5.41) is 5.65. The molecule has 3 heteroatoms. The van der Waals surface area contributed by atoms with Crippen LogP contribution in [0.15, 0.2) is 17.3 Å². The van der Waals surface area contributed by atoms with Gasteiger partial charge in [-0.05, 0) is 18.2 Å². The van der Waals surface area contributed by atoms with Gasteiger partial charge in [0.15, 0.2) is 0 Å². The van der Waals surface area contributed by atoms with E-state index in [2.05, 4.69) is 10.2 Å². The summed E-state index contributed by atoms with van der Waals surface area (Å²) < 4.78 is 10.6. The maximum absolute atomic E-state index is 10.6. The van der Waals surface area contributed by atoms with E-state index < -0.39 is 0 Å². The minimum Gasteiger partial charge on any atom is -0.174 e. The minimum absolute atomic E-state index is 1.21. The van der Waals surface area contributed by atoms with Crippen molar-refractivity contribution in [3.05, 3.63) is 12.2 Å². The average Bonchev–Trinajstić information content (AvgIpc) is 1.69. The smallest absolute Gasteiger partial charge is 0.0703 e. The summed E-state index contributed by atoms with van der Waals surface area (Å²) in [6.07, 6.45) is 4.47. The summed E-state index contributed by atoms with van der Waals surface area (Å²) in [6.45, 7) is 1.80. The standard InChI is InChI=1S/C4H6FNO/c1-2-3-4-6-7-5/h2-4H,1H3. The summed E-state index contributed by atoms with van der Waals surface area (Å²) in [5.41, 5.74) is 0. The Morgan fingerprint density at radius 3 is 2.86 bits per heavy atom. The Bertz CT molecular complexity index is 79.8. The highest BCUT2D eigenvalue weighted by Crippen LogP contribution is 1.71. The zero-order chi connectivity index (χ0) is 5.54. The topological polar surface area (TPSA) is 21.6 Å². The average molecular weight is 103 g/mol. The van der Waals surface area contributed by atoms with Crippen molar-refractivity contribution in [2.24, 2.45) is 5.16 Å². The zero-order valence-electron chi connectivity index (χ0n) is 3.97. The van der Waals surface area contributed by atoms with Crippen molar-refractivity contribution in [3.63, 3.8) is 0 Å². The third kappa shape index (κ3) is 5.14. The van der Waals surface area contributed by atoms with Crippen LogP contribution in [0.1, 0.15) is 6.92 Å². The van der Waals surface area contributed by atoms with Crippen molar-refractivity contribution in [1.82, 2.24) is 0 Å². The van der Waals surface area contributed by atoms with Crippen LogP contribution in [0.2, 0.25) is 0 Å². The summed E-state index contributed by atoms with van der Waals surface area (Å²) in [7, 11) is 0. The molecule has 0 rings (SSSR count). The van der Waals surface area contributed by atoms with E-state index in [1.165, 1.54) is 6.21 Å². The molecule has 2 nitrogen and oxygen atoms in total. The molecule has 0 atom stereocenters. The third-order valence-electron chi connectivity index (χ3n) is 0.379. The van der Waals surface area contributed by atoms with Gasteiger partial charge in [-0.15, -0.1) is 0 Å². The molecule has 0 fully saturated rings. The highest BCUT2D eigenvalue weighted by atomic mass is 19.3. The monoisotopic (exact) mass is 103 g/mol. The molecule has 0 aliphatic rings. The molecule has 0 aromatic heterocycles. The normalized spacial score (nSPS) is 11.1. The summed E-state index contributed by atoms with van der Waals surface area (Å²) >= 11 is 0. The predicted molar refractivity (Wildman–Crippen MR) is 25.5 cm³/mol. The minimum atomic E-state index is 1.21. The highest BCUT2D eigenvalue weighted by Gasteiger charge is 1.60. The van der Waals surface area contributed by atoms with E-state index in [0.717, 1.165) is 0 Å². The molecule has 7 heavy (non-hydrogen) atoms. The number of oxime groups is 1. The molecular weight excluding hydrogens is 97.0 g/mol. The van der Waals surface area contributed by atoms with Crippen LogP contribution < -0.4 is 0 Å². The summed E-state index contributed by atoms with van der Waals surface area (Å²) in [5.74, 6) is 0. The van der Waals surface area contributed by atoms with Gasteiger partial charge in [0, 0.05) is 4.53 Å². The van der Waals surface area contributed by atoms with E-state index in [4.69, 9.17) is 0 Å². The predicted octanol–water partition coefficient (Wildman–Crippen LogP) is 1.45. The zero-order valence-corrected chi connectivity index (χ0v) is 3.97. The van der Waals surface area contributed by atoms with E-state index in [1.807, 2.05) is 0 Å². The Kier molecular flexibility index (Phi) is 4.51. The fraction of sp³-hybridized carbons (Fsp3) is 0.250. The van der Waals surface area contributed by atoms with Crippen LogP contribution in [-0.4, -0.2) is 6.21 Å². The van der Waals surface area contributed by atoms with Crippen molar-refractivity contribution < 1.29 is 9.57 Å². The second kappa shape index (κ2) is 5.14. The van der Waals surface area contributed by atoms with Gasteiger partial charge in [-0.1, -0.05) is 6.08 Å². The first-order valence-corrected chi connectivity index (χ1v) is 1.84. The Labute approximate surface area is 41.2 Å². The lowest BCUT2D eigenvalue weighted by atomic mass is 10.6. The first-order valence-electron chi connectivity index (χ1n) is 1.84. The second-order valence-electron chi connectivity index (χ2n) is 0.849.